The standard InChI is InChI=1S/C25H27FO3S/c1-17-7-10-22(11-8-17)30(27,28)29-13-5-6-23-19(3)14-18(2)15-24(23)21-9-12-25(26)20(4)16-21/h7-12,14-16H,5-6,13H2,1-4H3. The molecule has 0 aliphatic rings. The first-order valence-corrected chi connectivity index (χ1v) is 11.4. The van der Waals surface area contributed by atoms with Gasteiger partial charge in [0.05, 0.1) is 11.5 Å². The molecule has 3 nitrogen and oxygen atoms in total. The number of halogens is 1. The van der Waals surface area contributed by atoms with Crippen molar-refractivity contribution in [2.75, 3.05) is 6.61 Å². The summed E-state index contributed by atoms with van der Waals surface area (Å²) in [6, 6.07) is 16.0. The van der Waals surface area contributed by atoms with Crippen LogP contribution in [0.3, 0.4) is 0 Å². The molecule has 0 saturated carbocycles. The van der Waals surface area contributed by atoms with Crippen LogP contribution in [0, 0.1) is 33.5 Å². The van der Waals surface area contributed by atoms with E-state index in [1.807, 2.05) is 26.8 Å². The molecule has 0 amide bonds. The zero-order valence-electron chi connectivity index (χ0n) is 17.8. The Morgan fingerprint density at radius 2 is 1.53 bits per heavy atom. The first kappa shape index (κ1) is 22.2. The Kier molecular flexibility index (Phi) is 6.74. The van der Waals surface area contributed by atoms with E-state index in [-0.39, 0.29) is 17.3 Å². The van der Waals surface area contributed by atoms with Crippen LogP contribution in [0.4, 0.5) is 4.39 Å². The van der Waals surface area contributed by atoms with Gasteiger partial charge >= 0.3 is 0 Å². The molecule has 3 aromatic carbocycles. The third-order valence-electron chi connectivity index (χ3n) is 5.21. The molecule has 3 rings (SSSR count). The van der Waals surface area contributed by atoms with Gasteiger partial charge in [0.15, 0.2) is 0 Å². The molecular formula is C25H27FO3S. The van der Waals surface area contributed by atoms with Gasteiger partial charge in [0.1, 0.15) is 5.82 Å². The highest BCUT2D eigenvalue weighted by molar-refractivity contribution is 7.86. The maximum Gasteiger partial charge on any atom is 0.296 e. The van der Waals surface area contributed by atoms with E-state index in [0.29, 0.717) is 18.4 Å². The Morgan fingerprint density at radius 3 is 2.20 bits per heavy atom. The number of hydrogen-bond donors (Lipinski definition) is 0. The molecular weight excluding hydrogens is 399 g/mol. The lowest BCUT2D eigenvalue weighted by Gasteiger charge is -2.15. The zero-order valence-corrected chi connectivity index (χ0v) is 18.6. The smallest absolute Gasteiger partial charge is 0.266 e. The monoisotopic (exact) mass is 426 g/mol. The molecule has 0 fully saturated rings. The van der Waals surface area contributed by atoms with Crippen molar-refractivity contribution in [2.45, 2.75) is 45.4 Å². The maximum atomic E-state index is 13.7. The molecule has 0 atom stereocenters. The van der Waals surface area contributed by atoms with Gasteiger partial charge in [-0.3, -0.25) is 4.18 Å². The number of hydrogen-bond acceptors (Lipinski definition) is 3. The van der Waals surface area contributed by atoms with Crippen LogP contribution in [-0.2, 0) is 20.7 Å². The van der Waals surface area contributed by atoms with Gasteiger partial charge in [0.25, 0.3) is 10.1 Å². The van der Waals surface area contributed by atoms with E-state index in [1.54, 1.807) is 37.3 Å². The van der Waals surface area contributed by atoms with Crippen LogP contribution in [0.25, 0.3) is 11.1 Å². The molecule has 3 aromatic rings. The van der Waals surface area contributed by atoms with Crippen molar-refractivity contribution in [2.24, 2.45) is 0 Å². The summed E-state index contributed by atoms with van der Waals surface area (Å²) in [5.41, 5.74) is 7.00. The van der Waals surface area contributed by atoms with Crippen LogP contribution >= 0.6 is 0 Å². The highest BCUT2D eigenvalue weighted by Crippen LogP contribution is 2.30. The van der Waals surface area contributed by atoms with E-state index in [1.165, 1.54) is 6.07 Å². The van der Waals surface area contributed by atoms with Crippen molar-refractivity contribution in [1.82, 2.24) is 0 Å². The average Bonchev–Trinajstić information content (AvgIpc) is 2.68. The van der Waals surface area contributed by atoms with Gasteiger partial charge in [-0.2, -0.15) is 8.42 Å². The first-order valence-electron chi connectivity index (χ1n) is 10.00. The normalized spacial score (nSPS) is 11.6. The summed E-state index contributed by atoms with van der Waals surface area (Å²) in [6.45, 7) is 7.84. The molecule has 0 radical (unpaired) electrons. The van der Waals surface area contributed by atoms with E-state index in [2.05, 4.69) is 12.1 Å². The highest BCUT2D eigenvalue weighted by Gasteiger charge is 2.15. The minimum Gasteiger partial charge on any atom is -0.266 e. The summed E-state index contributed by atoms with van der Waals surface area (Å²) < 4.78 is 43.7. The van der Waals surface area contributed by atoms with Crippen LogP contribution < -0.4 is 0 Å². The molecule has 5 heteroatoms. The van der Waals surface area contributed by atoms with Gasteiger partial charge in [-0.25, -0.2) is 4.39 Å². The molecule has 0 aliphatic heterocycles. The van der Waals surface area contributed by atoms with Gasteiger partial charge in [0.2, 0.25) is 0 Å². The van der Waals surface area contributed by atoms with Crippen LogP contribution in [0.15, 0.2) is 59.5 Å². The molecule has 0 N–H and O–H groups in total. The largest absolute Gasteiger partial charge is 0.296 e. The van der Waals surface area contributed by atoms with Gasteiger partial charge < -0.3 is 0 Å². The first-order chi connectivity index (χ1) is 14.2. The van der Waals surface area contributed by atoms with E-state index >= 15 is 0 Å². The fraction of sp³-hybridized carbons (Fsp3) is 0.280. The van der Waals surface area contributed by atoms with Gasteiger partial charge in [0, 0.05) is 0 Å². The summed E-state index contributed by atoms with van der Waals surface area (Å²) in [4.78, 5) is 0.169. The summed E-state index contributed by atoms with van der Waals surface area (Å²) >= 11 is 0. The van der Waals surface area contributed by atoms with Gasteiger partial charge in [-0.05, 0) is 92.6 Å². The molecule has 0 heterocycles. The molecule has 0 spiro atoms. The molecule has 0 bridgehead atoms. The number of rotatable bonds is 7. The fourth-order valence-corrected chi connectivity index (χ4v) is 4.53. The van der Waals surface area contributed by atoms with Crippen LogP contribution in [0.2, 0.25) is 0 Å². The second kappa shape index (κ2) is 9.11. The predicted octanol–water partition coefficient (Wildman–Crippen LogP) is 6.06. The van der Waals surface area contributed by atoms with E-state index in [0.717, 1.165) is 33.4 Å². The summed E-state index contributed by atoms with van der Waals surface area (Å²) in [5.74, 6) is -0.223. The summed E-state index contributed by atoms with van der Waals surface area (Å²) in [5, 5.41) is 0. The Hall–Kier alpha value is -2.50. The zero-order chi connectivity index (χ0) is 21.9. The maximum absolute atomic E-state index is 13.7. The molecule has 0 aromatic heterocycles. The predicted molar refractivity (Wildman–Crippen MR) is 119 cm³/mol. The Morgan fingerprint density at radius 1 is 0.833 bits per heavy atom. The van der Waals surface area contributed by atoms with Gasteiger partial charge in [-0.1, -0.05) is 41.5 Å². The van der Waals surface area contributed by atoms with Crippen molar-refractivity contribution in [3.63, 3.8) is 0 Å². The second-order valence-electron chi connectivity index (χ2n) is 7.76. The van der Waals surface area contributed by atoms with Crippen molar-refractivity contribution >= 4 is 10.1 Å². The Bertz CT molecular complexity index is 1150. The number of benzene rings is 3. The SMILES string of the molecule is Cc1ccc(S(=O)(=O)OCCCc2c(C)cc(C)cc2-c2ccc(F)c(C)c2)cc1. The lowest BCUT2D eigenvalue weighted by atomic mass is 9.90. The third kappa shape index (κ3) is 5.15. The highest BCUT2D eigenvalue weighted by atomic mass is 32.2. The Balaban J connectivity index is 1.75. The van der Waals surface area contributed by atoms with Crippen molar-refractivity contribution in [1.29, 1.82) is 0 Å². The third-order valence-corrected chi connectivity index (χ3v) is 6.53. The lowest BCUT2D eigenvalue weighted by Crippen LogP contribution is -2.09. The van der Waals surface area contributed by atoms with E-state index in [9.17, 15) is 12.8 Å². The van der Waals surface area contributed by atoms with E-state index in [4.69, 9.17) is 4.18 Å². The van der Waals surface area contributed by atoms with E-state index < -0.39 is 10.1 Å². The second-order valence-corrected chi connectivity index (χ2v) is 9.38. The molecule has 0 aliphatic carbocycles. The van der Waals surface area contributed by atoms with Crippen LogP contribution in [0.5, 0.6) is 0 Å². The van der Waals surface area contributed by atoms with Crippen molar-refractivity contribution in [3.8, 4) is 11.1 Å². The van der Waals surface area contributed by atoms with Gasteiger partial charge in [-0.15, -0.1) is 0 Å². The molecule has 158 valence electrons. The summed E-state index contributed by atoms with van der Waals surface area (Å²) in [6.07, 6.45) is 1.23. The molecule has 30 heavy (non-hydrogen) atoms. The quantitative estimate of drug-likeness (QED) is 0.340. The van der Waals surface area contributed by atoms with Crippen LogP contribution in [0.1, 0.15) is 34.2 Å². The number of aryl methyl sites for hydroxylation is 4. The topological polar surface area (TPSA) is 43.4 Å². The average molecular weight is 427 g/mol. The molecule has 0 unspecified atom stereocenters. The van der Waals surface area contributed by atoms with Crippen LogP contribution in [-0.4, -0.2) is 15.0 Å². The molecule has 0 saturated heterocycles. The lowest BCUT2D eigenvalue weighted by molar-refractivity contribution is 0.312. The minimum absolute atomic E-state index is 0.103. The van der Waals surface area contributed by atoms with Crippen molar-refractivity contribution in [3.05, 3.63) is 88.2 Å². The fourth-order valence-electron chi connectivity index (χ4n) is 3.59. The minimum atomic E-state index is -3.76. The Labute approximate surface area is 178 Å². The van der Waals surface area contributed by atoms with Crippen molar-refractivity contribution < 1.29 is 17.0 Å². The summed E-state index contributed by atoms with van der Waals surface area (Å²) in [7, 11) is -3.76.